The maximum atomic E-state index is 10.7. The molecule has 2 aromatic heterocycles. The molecule has 0 unspecified atom stereocenters. The minimum atomic E-state index is -0.539. The summed E-state index contributed by atoms with van der Waals surface area (Å²) in [6, 6.07) is 2.96. The molecule has 0 spiro atoms. The average molecular weight is 252 g/mol. The van der Waals surface area contributed by atoms with Gasteiger partial charge >= 0.3 is 11.4 Å². The van der Waals surface area contributed by atoms with Gasteiger partial charge in [0.05, 0.1) is 0 Å². The molecule has 2 aromatic rings. The summed E-state index contributed by atoms with van der Waals surface area (Å²) in [7, 11) is 0. The maximum absolute atomic E-state index is 10.7. The largest absolute Gasteiger partial charge is 0.385 e. The molecule has 2 rings (SSSR count). The Morgan fingerprint density at radius 3 is 2.50 bits per heavy atom. The monoisotopic (exact) mass is 252 g/mol. The third-order valence-electron chi connectivity index (χ3n) is 1.75. The molecule has 0 aromatic carbocycles. The Morgan fingerprint density at radius 1 is 1.33 bits per heavy atom. The number of aromatic amines is 1. The van der Waals surface area contributed by atoms with Gasteiger partial charge in [-0.3, -0.25) is 9.55 Å². The number of nitrogens with zero attached hydrogens (tertiary/aromatic N) is 3. The number of aromatic nitrogens is 4. The van der Waals surface area contributed by atoms with Crippen molar-refractivity contribution in [3.63, 3.8) is 0 Å². The quantitative estimate of drug-likeness (QED) is 0.463. The van der Waals surface area contributed by atoms with Crippen molar-refractivity contribution in [2.24, 2.45) is 0 Å². The van der Waals surface area contributed by atoms with Gasteiger partial charge in [-0.1, -0.05) is 0 Å². The van der Waals surface area contributed by atoms with Crippen LogP contribution in [0.5, 0.6) is 0 Å². The van der Waals surface area contributed by atoms with Gasteiger partial charge in [-0.15, -0.1) is 0 Å². The molecule has 0 aliphatic carbocycles. The van der Waals surface area contributed by atoms with Crippen LogP contribution in [0.2, 0.25) is 0 Å². The first-order chi connectivity index (χ1) is 8.52. The summed E-state index contributed by atoms with van der Waals surface area (Å²) in [6.45, 7) is -0.369. The molecule has 0 bridgehead atoms. The lowest BCUT2D eigenvalue weighted by Gasteiger charge is -1.97. The van der Waals surface area contributed by atoms with Crippen molar-refractivity contribution in [1.29, 1.82) is 0 Å². The van der Waals surface area contributed by atoms with Gasteiger partial charge in [-0.25, -0.2) is 14.6 Å². The van der Waals surface area contributed by atoms with Crippen LogP contribution in [0.15, 0.2) is 34.1 Å². The summed E-state index contributed by atoms with van der Waals surface area (Å²) in [6.07, 6.45) is 2.73. The van der Waals surface area contributed by atoms with Crippen molar-refractivity contribution in [2.45, 2.75) is 6.73 Å². The molecule has 0 saturated carbocycles. The highest BCUT2D eigenvalue weighted by Crippen LogP contribution is 1.87. The van der Waals surface area contributed by atoms with Crippen LogP contribution in [0, 0.1) is 0 Å². The molecule has 0 radical (unpaired) electrons. The Bertz CT molecular complexity index is 620. The molecule has 0 aliphatic heterocycles. The van der Waals surface area contributed by atoms with E-state index in [1.54, 1.807) is 0 Å². The number of H-pyrrole nitrogens is 1. The maximum Gasteiger partial charge on any atom is 0.351 e. The van der Waals surface area contributed by atoms with Crippen LogP contribution in [0.3, 0.4) is 0 Å². The molecule has 9 nitrogen and oxygen atoms in total. The molecular weight excluding hydrogens is 240 g/mol. The first-order valence-electron chi connectivity index (χ1n) is 4.77. The Morgan fingerprint density at radius 2 is 2.06 bits per heavy atom. The topological polar surface area (TPSA) is 153 Å². The summed E-state index contributed by atoms with van der Waals surface area (Å²) in [4.78, 5) is 29.9. The average Bonchev–Trinajstić information content (AvgIpc) is 2.29. The van der Waals surface area contributed by atoms with Gasteiger partial charge in [0.2, 0.25) is 0 Å². The van der Waals surface area contributed by atoms with Crippen molar-refractivity contribution in [3.05, 3.63) is 45.5 Å². The number of aliphatic hydroxyl groups excluding tert-OH is 1. The lowest BCUT2D eigenvalue weighted by molar-refractivity contribution is 0.204. The van der Waals surface area contributed by atoms with Gasteiger partial charge in [0.25, 0.3) is 0 Å². The first kappa shape index (κ1) is 13.4. The van der Waals surface area contributed by atoms with E-state index in [1.807, 2.05) is 0 Å². The fraction of sp³-hybridized carbons (Fsp3) is 0.111. The lowest BCUT2D eigenvalue weighted by Crippen LogP contribution is -2.22. The predicted octanol–water partition coefficient (Wildman–Crippen LogP) is -1.87. The second-order valence-corrected chi connectivity index (χ2v) is 3.08. The zero-order valence-electron chi connectivity index (χ0n) is 9.28. The summed E-state index contributed by atoms with van der Waals surface area (Å²) < 4.78 is 1.04. The first-order valence-corrected chi connectivity index (χ1v) is 4.77. The summed E-state index contributed by atoms with van der Waals surface area (Å²) in [5.41, 5.74) is 9.39. The van der Waals surface area contributed by atoms with Crippen LogP contribution in [0.25, 0.3) is 0 Å². The highest BCUT2D eigenvalue weighted by Gasteiger charge is 1.92. The number of nitrogen functional groups attached to an aromatic ring is 2. The Balaban J connectivity index is 0.000000184. The second kappa shape index (κ2) is 6.15. The second-order valence-electron chi connectivity index (χ2n) is 3.08. The van der Waals surface area contributed by atoms with E-state index >= 15 is 0 Å². The highest BCUT2D eigenvalue weighted by atomic mass is 16.3. The number of anilines is 2. The summed E-state index contributed by atoms with van der Waals surface area (Å²) >= 11 is 0. The third-order valence-corrected chi connectivity index (χ3v) is 1.75. The van der Waals surface area contributed by atoms with E-state index in [1.165, 1.54) is 24.5 Å². The molecule has 96 valence electrons. The Hall–Kier alpha value is -2.68. The lowest BCUT2D eigenvalue weighted by atomic mass is 10.6. The highest BCUT2D eigenvalue weighted by molar-refractivity contribution is 5.23. The van der Waals surface area contributed by atoms with E-state index in [4.69, 9.17) is 16.6 Å². The molecule has 0 fully saturated rings. The third kappa shape index (κ3) is 4.06. The number of aliphatic hydroxyl groups is 1. The zero-order valence-corrected chi connectivity index (χ0v) is 9.28. The van der Waals surface area contributed by atoms with Crippen LogP contribution in [-0.4, -0.2) is 24.6 Å². The molecular formula is C9H12N6O3. The van der Waals surface area contributed by atoms with Crippen LogP contribution >= 0.6 is 0 Å². The van der Waals surface area contributed by atoms with Gasteiger partial charge < -0.3 is 16.6 Å². The molecule has 0 aliphatic rings. The summed E-state index contributed by atoms with van der Waals surface area (Å²) in [5.74, 6) is 0.500. The molecule has 0 saturated heterocycles. The molecule has 0 amide bonds. The van der Waals surface area contributed by atoms with Gasteiger partial charge in [0.1, 0.15) is 18.4 Å². The van der Waals surface area contributed by atoms with E-state index in [0.29, 0.717) is 5.82 Å². The predicted molar refractivity (Wildman–Crippen MR) is 64.4 cm³/mol. The van der Waals surface area contributed by atoms with Gasteiger partial charge in [0.15, 0.2) is 0 Å². The zero-order chi connectivity index (χ0) is 13.5. The molecule has 18 heavy (non-hydrogen) atoms. The molecule has 0 atom stereocenters. The number of hydrogen-bond donors (Lipinski definition) is 4. The van der Waals surface area contributed by atoms with Gasteiger partial charge in [0, 0.05) is 12.4 Å². The van der Waals surface area contributed by atoms with Crippen molar-refractivity contribution in [2.75, 3.05) is 11.5 Å². The minimum Gasteiger partial charge on any atom is -0.385 e. The van der Waals surface area contributed by atoms with Crippen LogP contribution in [0.1, 0.15) is 0 Å². The van der Waals surface area contributed by atoms with Crippen molar-refractivity contribution in [1.82, 2.24) is 19.5 Å². The number of hydrogen-bond acceptors (Lipinski definition) is 7. The number of nitrogens with one attached hydrogen (secondary N) is 1. The fourth-order valence-corrected chi connectivity index (χ4v) is 0.932. The SMILES string of the molecule is Nc1ccn(CO)c(=O)n1.Nc1ccnc(=O)[nH]1. The molecule has 6 N–H and O–H groups in total. The molecule has 2 heterocycles. The van der Waals surface area contributed by atoms with E-state index in [2.05, 4.69) is 15.0 Å². The standard InChI is InChI=1S/C5H7N3O2.C4H5N3O/c6-4-1-2-8(3-9)5(10)7-4;5-3-1-2-6-4(8)7-3/h1-2,9H,3H2,(H2,6,7,10);1-2H,(H3,5,6,7,8). The number of rotatable bonds is 1. The van der Waals surface area contributed by atoms with Crippen LogP contribution in [0.4, 0.5) is 11.6 Å². The van der Waals surface area contributed by atoms with E-state index in [9.17, 15) is 9.59 Å². The summed E-state index contributed by atoms with van der Waals surface area (Å²) in [5, 5.41) is 8.49. The normalized spacial score (nSPS) is 9.39. The Labute approximate surface area is 101 Å². The minimum absolute atomic E-state index is 0.162. The van der Waals surface area contributed by atoms with E-state index in [0.717, 1.165) is 4.57 Å². The van der Waals surface area contributed by atoms with Crippen LogP contribution in [-0.2, 0) is 6.73 Å². The fourth-order valence-electron chi connectivity index (χ4n) is 0.932. The van der Waals surface area contributed by atoms with Gasteiger partial charge in [-0.05, 0) is 12.1 Å². The van der Waals surface area contributed by atoms with E-state index in [-0.39, 0.29) is 12.5 Å². The van der Waals surface area contributed by atoms with Gasteiger partial charge in [-0.2, -0.15) is 4.98 Å². The van der Waals surface area contributed by atoms with Crippen molar-refractivity contribution >= 4 is 11.6 Å². The smallest absolute Gasteiger partial charge is 0.351 e. The van der Waals surface area contributed by atoms with Crippen molar-refractivity contribution < 1.29 is 5.11 Å². The van der Waals surface area contributed by atoms with Crippen molar-refractivity contribution in [3.8, 4) is 0 Å². The molecule has 9 heteroatoms. The van der Waals surface area contributed by atoms with Crippen LogP contribution < -0.4 is 22.8 Å². The number of nitrogens with two attached hydrogens (primary N) is 2. The Kier molecular flexibility index (Phi) is 4.58. The van der Waals surface area contributed by atoms with E-state index < -0.39 is 11.4 Å².